The molecule has 0 aliphatic rings. The summed E-state index contributed by atoms with van der Waals surface area (Å²) in [4.78, 5) is 10.3. The van der Waals surface area contributed by atoms with E-state index < -0.39 is 0 Å². The Kier molecular flexibility index (Phi) is 4.30. The average molecular weight is 512 g/mol. The highest BCUT2D eigenvalue weighted by Gasteiger charge is 2.20. The SMILES string of the molecule is c1ccc(-c2nc(-n3c4ccccc4c4c5ccc6oc7ccccc7c6c5ccc43)nc3ccccc23)cc1. The van der Waals surface area contributed by atoms with Gasteiger partial charge < -0.3 is 4.42 Å². The lowest BCUT2D eigenvalue weighted by Gasteiger charge is -2.12. The maximum atomic E-state index is 6.21. The molecule has 6 aromatic carbocycles. The van der Waals surface area contributed by atoms with E-state index in [9.17, 15) is 0 Å². The fourth-order valence-corrected chi connectivity index (χ4v) is 6.29. The Morgan fingerprint density at radius 2 is 1.15 bits per heavy atom. The third kappa shape index (κ3) is 2.90. The highest BCUT2D eigenvalue weighted by molar-refractivity contribution is 6.28. The molecule has 186 valence electrons. The molecule has 0 N–H and O–H groups in total. The third-order valence-electron chi connectivity index (χ3n) is 8.01. The van der Waals surface area contributed by atoms with Gasteiger partial charge in [-0.1, -0.05) is 91.0 Å². The van der Waals surface area contributed by atoms with Gasteiger partial charge >= 0.3 is 0 Å². The van der Waals surface area contributed by atoms with Gasteiger partial charge in [-0.2, -0.15) is 0 Å². The lowest BCUT2D eigenvalue weighted by molar-refractivity contribution is 0.669. The quantitative estimate of drug-likeness (QED) is 0.232. The molecule has 0 unspecified atom stereocenters. The Labute approximate surface area is 228 Å². The Balaban J connectivity index is 1.42. The second-order valence-electron chi connectivity index (χ2n) is 10.2. The van der Waals surface area contributed by atoms with E-state index in [-0.39, 0.29) is 0 Å². The van der Waals surface area contributed by atoms with Gasteiger partial charge in [-0.15, -0.1) is 0 Å². The summed E-state index contributed by atoms with van der Waals surface area (Å²) < 4.78 is 8.41. The first-order valence-corrected chi connectivity index (χ1v) is 13.4. The van der Waals surface area contributed by atoms with Crippen molar-refractivity contribution in [3.05, 3.63) is 127 Å². The van der Waals surface area contributed by atoms with E-state index in [1.807, 2.05) is 30.3 Å². The monoisotopic (exact) mass is 511 g/mol. The summed E-state index contributed by atoms with van der Waals surface area (Å²) >= 11 is 0. The average Bonchev–Trinajstić information content (AvgIpc) is 3.57. The summed E-state index contributed by atoms with van der Waals surface area (Å²) in [5.74, 6) is 0.665. The summed E-state index contributed by atoms with van der Waals surface area (Å²) in [5, 5.41) is 8.07. The van der Waals surface area contributed by atoms with E-state index in [1.54, 1.807) is 0 Å². The van der Waals surface area contributed by atoms with E-state index in [2.05, 4.69) is 102 Å². The predicted octanol–water partition coefficient (Wildman–Crippen LogP) is 9.45. The highest BCUT2D eigenvalue weighted by Crippen LogP contribution is 2.41. The van der Waals surface area contributed by atoms with Crippen molar-refractivity contribution in [3.8, 4) is 17.2 Å². The van der Waals surface area contributed by atoms with E-state index in [0.717, 1.165) is 55.1 Å². The number of fused-ring (bicyclic) bond motifs is 10. The van der Waals surface area contributed by atoms with Crippen LogP contribution in [0.3, 0.4) is 0 Å². The summed E-state index contributed by atoms with van der Waals surface area (Å²) in [7, 11) is 0. The van der Waals surface area contributed by atoms with Gasteiger partial charge in [0, 0.05) is 32.5 Å². The summed E-state index contributed by atoms with van der Waals surface area (Å²) in [5.41, 5.74) is 6.89. The number of nitrogens with zero attached hydrogens (tertiary/aromatic N) is 3. The highest BCUT2D eigenvalue weighted by atomic mass is 16.3. The Morgan fingerprint density at radius 1 is 0.450 bits per heavy atom. The van der Waals surface area contributed by atoms with Gasteiger partial charge in [0.2, 0.25) is 5.95 Å². The standard InChI is InChI=1S/C36H21N3O/c1-2-10-22(11-3-1)35-25-12-4-7-15-28(25)37-36(38-35)39-29-16-8-5-13-26(29)33-23-19-21-32-34(24(23)18-20-30(33)39)27-14-6-9-17-31(27)40-32/h1-21H. The maximum Gasteiger partial charge on any atom is 0.235 e. The molecule has 4 heteroatoms. The largest absolute Gasteiger partial charge is 0.456 e. The van der Waals surface area contributed by atoms with Gasteiger partial charge in [-0.05, 0) is 47.2 Å². The lowest BCUT2D eigenvalue weighted by atomic mass is 9.99. The van der Waals surface area contributed by atoms with Crippen molar-refractivity contribution in [1.82, 2.24) is 14.5 Å². The van der Waals surface area contributed by atoms with Crippen LogP contribution in [0.4, 0.5) is 0 Å². The molecule has 4 nitrogen and oxygen atoms in total. The molecule has 0 aliphatic heterocycles. The third-order valence-corrected chi connectivity index (χ3v) is 8.01. The maximum absolute atomic E-state index is 6.21. The predicted molar refractivity (Wildman–Crippen MR) is 164 cm³/mol. The zero-order valence-electron chi connectivity index (χ0n) is 21.4. The summed E-state index contributed by atoms with van der Waals surface area (Å²) in [6, 6.07) is 44.1. The first kappa shape index (κ1) is 21.5. The van der Waals surface area contributed by atoms with Crippen LogP contribution in [0.2, 0.25) is 0 Å². The molecular formula is C36H21N3O. The molecule has 0 spiro atoms. The van der Waals surface area contributed by atoms with Crippen LogP contribution in [0.1, 0.15) is 0 Å². The van der Waals surface area contributed by atoms with Crippen molar-refractivity contribution in [3.63, 3.8) is 0 Å². The molecule has 0 aliphatic carbocycles. The van der Waals surface area contributed by atoms with E-state index >= 15 is 0 Å². The molecule has 0 amide bonds. The number of rotatable bonds is 2. The minimum Gasteiger partial charge on any atom is -0.456 e. The summed E-state index contributed by atoms with van der Waals surface area (Å²) in [6.45, 7) is 0. The van der Waals surface area contributed by atoms with Crippen molar-refractivity contribution in [1.29, 1.82) is 0 Å². The molecule has 0 saturated heterocycles. The van der Waals surface area contributed by atoms with Gasteiger partial charge in [0.05, 0.1) is 22.2 Å². The van der Waals surface area contributed by atoms with Gasteiger partial charge in [-0.3, -0.25) is 4.57 Å². The number of hydrogen-bond donors (Lipinski definition) is 0. The molecule has 0 fully saturated rings. The van der Waals surface area contributed by atoms with E-state index in [4.69, 9.17) is 14.4 Å². The fourth-order valence-electron chi connectivity index (χ4n) is 6.29. The minimum absolute atomic E-state index is 0.665. The topological polar surface area (TPSA) is 43.9 Å². The second kappa shape index (κ2) is 8.01. The van der Waals surface area contributed by atoms with Crippen molar-refractivity contribution in [2.24, 2.45) is 0 Å². The van der Waals surface area contributed by atoms with E-state index in [0.29, 0.717) is 5.95 Å². The molecule has 3 aromatic heterocycles. The van der Waals surface area contributed by atoms with Crippen LogP contribution in [0.25, 0.3) is 82.6 Å². The second-order valence-corrected chi connectivity index (χ2v) is 10.2. The molecule has 0 atom stereocenters. The minimum atomic E-state index is 0.665. The van der Waals surface area contributed by atoms with Crippen molar-refractivity contribution in [2.45, 2.75) is 0 Å². The number of para-hydroxylation sites is 3. The Hall–Kier alpha value is -5.48. The normalized spacial score (nSPS) is 12.0. The molecule has 40 heavy (non-hydrogen) atoms. The van der Waals surface area contributed by atoms with Gasteiger partial charge in [0.1, 0.15) is 11.2 Å². The van der Waals surface area contributed by atoms with Crippen LogP contribution in [-0.2, 0) is 0 Å². The van der Waals surface area contributed by atoms with Gasteiger partial charge in [0.15, 0.2) is 0 Å². The fraction of sp³-hybridized carbons (Fsp3) is 0. The summed E-state index contributed by atoms with van der Waals surface area (Å²) in [6.07, 6.45) is 0. The van der Waals surface area contributed by atoms with Crippen molar-refractivity contribution < 1.29 is 4.42 Å². The number of aromatic nitrogens is 3. The number of benzene rings is 6. The van der Waals surface area contributed by atoms with Crippen LogP contribution in [0, 0.1) is 0 Å². The number of furan rings is 1. The first-order valence-electron chi connectivity index (χ1n) is 13.4. The van der Waals surface area contributed by atoms with Crippen LogP contribution in [0.15, 0.2) is 132 Å². The zero-order chi connectivity index (χ0) is 26.2. The molecule has 0 saturated carbocycles. The molecule has 0 radical (unpaired) electrons. The van der Waals surface area contributed by atoms with Crippen molar-refractivity contribution in [2.75, 3.05) is 0 Å². The lowest BCUT2D eigenvalue weighted by Crippen LogP contribution is -2.03. The van der Waals surface area contributed by atoms with Gasteiger partial charge in [0.25, 0.3) is 0 Å². The molecule has 9 aromatic rings. The Bertz CT molecular complexity index is 2430. The Morgan fingerprint density at radius 3 is 2.05 bits per heavy atom. The van der Waals surface area contributed by atoms with Crippen LogP contribution >= 0.6 is 0 Å². The molecule has 9 rings (SSSR count). The van der Waals surface area contributed by atoms with E-state index in [1.165, 1.54) is 21.5 Å². The van der Waals surface area contributed by atoms with Crippen LogP contribution in [0.5, 0.6) is 0 Å². The van der Waals surface area contributed by atoms with Crippen LogP contribution < -0.4 is 0 Å². The molecule has 0 bridgehead atoms. The van der Waals surface area contributed by atoms with Crippen LogP contribution in [-0.4, -0.2) is 14.5 Å². The smallest absolute Gasteiger partial charge is 0.235 e. The molecular weight excluding hydrogens is 490 g/mol. The van der Waals surface area contributed by atoms with Gasteiger partial charge in [-0.25, -0.2) is 9.97 Å². The first-order chi connectivity index (χ1) is 19.8. The number of hydrogen-bond acceptors (Lipinski definition) is 3. The zero-order valence-corrected chi connectivity index (χ0v) is 21.4. The molecule has 3 heterocycles. The van der Waals surface area contributed by atoms with Crippen molar-refractivity contribution >= 4 is 65.4 Å².